The third-order valence-corrected chi connectivity index (χ3v) is 2.08. The van der Waals surface area contributed by atoms with E-state index in [-0.39, 0.29) is 0 Å². The molecule has 0 saturated heterocycles. The quantitative estimate of drug-likeness (QED) is 0.560. The van der Waals surface area contributed by atoms with Crippen LogP contribution in [0.15, 0.2) is 0 Å². The molecule has 0 fully saturated rings. The van der Waals surface area contributed by atoms with Crippen LogP contribution in [0.2, 0.25) is 0 Å². The zero-order valence-electron chi connectivity index (χ0n) is 7.15. The van der Waals surface area contributed by atoms with Crippen LogP contribution in [0.1, 0.15) is 23.9 Å². The number of H-pyrrole nitrogens is 1. The maximum Gasteiger partial charge on any atom is 0.207 e. The van der Waals surface area contributed by atoms with Gasteiger partial charge in [0.15, 0.2) is 7.05 Å². The molecule has 0 aliphatic carbocycles. The molecule has 0 aliphatic rings. The average Bonchev–Trinajstić information content (AvgIpc) is 2.09. The van der Waals surface area contributed by atoms with E-state index >= 15 is 0 Å². The van der Waals surface area contributed by atoms with E-state index in [1.165, 1.54) is 17.0 Å². The Kier molecular flexibility index (Phi) is 1.79. The molecule has 2 nitrogen and oxygen atoms in total. The first-order valence-electron chi connectivity index (χ1n) is 3.71. The molecule has 0 unspecified atom stereocenters. The van der Waals surface area contributed by atoms with Crippen LogP contribution in [-0.2, 0) is 13.5 Å². The topological polar surface area (TPSA) is 19.7 Å². The molecule has 0 aliphatic heterocycles. The lowest BCUT2D eigenvalue weighted by atomic mass is 10.1. The summed E-state index contributed by atoms with van der Waals surface area (Å²) in [5.41, 5.74) is 4.09. The Balaban J connectivity index is 3.20. The number of aryl methyl sites for hydroxylation is 2. The smallest absolute Gasteiger partial charge is 0.170 e. The average molecular weight is 139 g/mol. The molecule has 1 rings (SSSR count). The Morgan fingerprint density at radius 2 is 2.00 bits per heavy atom. The highest BCUT2D eigenvalue weighted by atomic mass is 15.3. The molecule has 1 N–H and O–H groups in total. The molecule has 1 heterocycles. The van der Waals surface area contributed by atoms with Crippen molar-refractivity contribution in [2.24, 2.45) is 7.05 Å². The molecule has 0 aromatic carbocycles. The fourth-order valence-corrected chi connectivity index (χ4v) is 1.40. The standard InChI is InChI=1S/C8H14N2/c1-5-8-6(2)9-10(4)7(8)3/h5H2,1-4H3/p+1. The number of hydrogen-bond donors (Lipinski definition) is 1. The second-order valence-corrected chi connectivity index (χ2v) is 2.71. The van der Waals surface area contributed by atoms with Gasteiger partial charge < -0.3 is 0 Å². The van der Waals surface area contributed by atoms with Crippen molar-refractivity contribution >= 4 is 0 Å². The predicted octanol–water partition coefficient (Wildman–Crippen LogP) is 1.02. The monoisotopic (exact) mass is 139 g/mol. The number of rotatable bonds is 1. The van der Waals surface area contributed by atoms with Crippen molar-refractivity contribution < 1.29 is 4.68 Å². The Morgan fingerprint density at radius 3 is 2.20 bits per heavy atom. The summed E-state index contributed by atoms with van der Waals surface area (Å²) in [6, 6.07) is 0. The van der Waals surface area contributed by atoms with Crippen molar-refractivity contribution in [3.8, 4) is 0 Å². The van der Waals surface area contributed by atoms with E-state index in [9.17, 15) is 0 Å². The number of hydrogen-bond acceptors (Lipinski definition) is 0. The van der Waals surface area contributed by atoms with Gasteiger partial charge in [0.05, 0.1) is 5.69 Å². The largest absolute Gasteiger partial charge is 0.207 e. The zero-order chi connectivity index (χ0) is 7.72. The fraction of sp³-hybridized carbons (Fsp3) is 0.625. The van der Waals surface area contributed by atoms with Crippen LogP contribution in [0.5, 0.6) is 0 Å². The van der Waals surface area contributed by atoms with Gasteiger partial charge in [-0.3, -0.25) is 0 Å². The maximum atomic E-state index is 3.24. The minimum atomic E-state index is 1.12. The van der Waals surface area contributed by atoms with Crippen molar-refractivity contribution in [3.05, 3.63) is 17.0 Å². The van der Waals surface area contributed by atoms with Gasteiger partial charge in [-0.1, -0.05) is 6.92 Å². The third-order valence-electron chi connectivity index (χ3n) is 2.08. The minimum Gasteiger partial charge on any atom is -0.170 e. The summed E-state index contributed by atoms with van der Waals surface area (Å²) in [6.45, 7) is 6.44. The van der Waals surface area contributed by atoms with Crippen LogP contribution in [0, 0.1) is 13.8 Å². The van der Waals surface area contributed by atoms with Crippen LogP contribution >= 0.6 is 0 Å². The van der Waals surface area contributed by atoms with Gasteiger partial charge in [0.1, 0.15) is 0 Å². The summed E-state index contributed by atoms with van der Waals surface area (Å²) in [5, 5.41) is 3.24. The van der Waals surface area contributed by atoms with Crippen LogP contribution in [-0.4, -0.2) is 5.10 Å². The lowest BCUT2D eigenvalue weighted by Gasteiger charge is -1.87. The van der Waals surface area contributed by atoms with Crippen LogP contribution < -0.4 is 4.68 Å². The summed E-state index contributed by atoms with van der Waals surface area (Å²) >= 11 is 0. The van der Waals surface area contributed by atoms with Gasteiger partial charge in [0.2, 0.25) is 5.69 Å². The molecule has 0 amide bonds. The van der Waals surface area contributed by atoms with Crippen molar-refractivity contribution in [3.63, 3.8) is 0 Å². The van der Waals surface area contributed by atoms with Gasteiger partial charge in [-0.25, -0.2) is 0 Å². The first kappa shape index (κ1) is 7.32. The van der Waals surface area contributed by atoms with Gasteiger partial charge in [-0.2, -0.15) is 5.10 Å². The van der Waals surface area contributed by atoms with E-state index in [1.54, 1.807) is 0 Å². The zero-order valence-corrected chi connectivity index (χ0v) is 7.15. The van der Waals surface area contributed by atoms with Gasteiger partial charge in [0, 0.05) is 12.5 Å². The Labute approximate surface area is 61.9 Å². The van der Waals surface area contributed by atoms with Crippen LogP contribution in [0.3, 0.4) is 0 Å². The molecule has 10 heavy (non-hydrogen) atoms. The first-order chi connectivity index (χ1) is 4.66. The van der Waals surface area contributed by atoms with Gasteiger partial charge in [0.25, 0.3) is 0 Å². The van der Waals surface area contributed by atoms with E-state index in [2.05, 4.69) is 30.6 Å². The molecular weight excluding hydrogens is 124 g/mol. The Hall–Kier alpha value is -0.790. The summed E-state index contributed by atoms with van der Waals surface area (Å²) in [6.07, 6.45) is 1.12. The molecular formula is C8H15N2+. The fourth-order valence-electron chi connectivity index (χ4n) is 1.40. The number of nitrogens with one attached hydrogen (secondary N) is 1. The summed E-state index contributed by atoms with van der Waals surface area (Å²) in [4.78, 5) is 0. The molecule has 0 radical (unpaired) electrons. The molecule has 0 spiro atoms. The van der Waals surface area contributed by atoms with E-state index in [4.69, 9.17) is 0 Å². The predicted molar refractivity (Wildman–Crippen MR) is 40.8 cm³/mol. The molecule has 1 aromatic heterocycles. The minimum absolute atomic E-state index is 1.12. The third kappa shape index (κ3) is 0.939. The molecule has 2 heteroatoms. The second-order valence-electron chi connectivity index (χ2n) is 2.71. The van der Waals surface area contributed by atoms with Crippen LogP contribution in [0.25, 0.3) is 0 Å². The molecule has 56 valence electrons. The van der Waals surface area contributed by atoms with E-state index in [0.717, 1.165) is 6.42 Å². The van der Waals surface area contributed by atoms with Crippen LogP contribution in [0.4, 0.5) is 0 Å². The van der Waals surface area contributed by atoms with E-state index < -0.39 is 0 Å². The lowest BCUT2D eigenvalue weighted by Crippen LogP contribution is -2.32. The molecule has 1 aromatic rings. The highest BCUT2D eigenvalue weighted by Gasteiger charge is 2.12. The number of nitrogens with zero attached hydrogens (tertiary/aromatic N) is 1. The van der Waals surface area contributed by atoms with E-state index in [1.807, 2.05) is 7.05 Å². The SMILES string of the molecule is CCc1c(C)[nH][n+](C)c1C. The van der Waals surface area contributed by atoms with Crippen molar-refractivity contribution in [2.45, 2.75) is 27.2 Å². The Bertz CT molecular complexity index is 236. The Morgan fingerprint density at radius 1 is 1.40 bits per heavy atom. The first-order valence-corrected chi connectivity index (χ1v) is 3.71. The van der Waals surface area contributed by atoms with E-state index in [0.29, 0.717) is 0 Å². The highest BCUT2D eigenvalue weighted by Crippen LogP contribution is 2.06. The highest BCUT2D eigenvalue weighted by molar-refractivity contribution is 5.19. The normalized spacial score (nSPS) is 10.4. The molecule has 0 atom stereocenters. The van der Waals surface area contributed by atoms with Crippen molar-refractivity contribution in [1.82, 2.24) is 5.10 Å². The van der Waals surface area contributed by atoms with Crippen molar-refractivity contribution in [2.75, 3.05) is 0 Å². The van der Waals surface area contributed by atoms with Gasteiger partial charge >= 0.3 is 0 Å². The molecule has 0 bridgehead atoms. The lowest BCUT2D eigenvalue weighted by molar-refractivity contribution is -0.732. The summed E-state index contributed by atoms with van der Waals surface area (Å²) < 4.78 is 2.06. The second kappa shape index (κ2) is 2.45. The van der Waals surface area contributed by atoms with Gasteiger partial charge in [-0.15, -0.1) is 4.68 Å². The number of aromatic amines is 1. The van der Waals surface area contributed by atoms with Crippen molar-refractivity contribution in [1.29, 1.82) is 0 Å². The summed E-state index contributed by atoms with van der Waals surface area (Å²) in [7, 11) is 2.04. The molecule has 0 saturated carbocycles. The summed E-state index contributed by atoms with van der Waals surface area (Å²) in [5.74, 6) is 0. The van der Waals surface area contributed by atoms with Gasteiger partial charge in [-0.05, 0) is 13.3 Å². The maximum absolute atomic E-state index is 3.24. The number of aromatic nitrogens is 2.